The minimum Gasteiger partial charge on any atom is -0.479 e. The van der Waals surface area contributed by atoms with Crippen molar-refractivity contribution < 1.29 is 24.2 Å². The van der Waals surface area contributed by atoms with Crippen LogP contribution >= 0.6 is 0 Å². The highest BCUT2D eigenvalue weighted by atomic mass is 16.5. The number of carboxylic acid groups (broad SMARTS) is 1. The molecule has 132 valence electrons. The minimum atomic E-state index is -1.07. The molecule has 0 aromatic heterocycles. The summed E-state index contributed by atoms with van der Waals surface area (Å²) in [6.07, 6.45) is 1.94. The van der Waals surface area contributed by atoms with E-state index in [-0.39, 0.29) is 25.0 Å². The number of carboxylic acids is 1. The van der Waals surface area contributed by atoms with E-state index in [2.05, 4.69) is 5.32 Å². The lowest BCUT2D eigenvalue weighted by molar-refractivity contribution is -0.142. The van der Waals surface area contributed by atoms with E-state index >= 15 is 0 Å². The summed E-state index contributed by atoms with van der Waals surface area (Å²) in [5.74, 6) is -1.40. The smallest absolute Gasteiger partial charge is 0.330 e. The van der Waals surface area contributed by atoms with E-state index in [1.807, 2.05) is 19.9 Å². The van der Waals surface area contributed by atoms with Gasteiger partial charge in [0.1, 0.15) is 0 Å². The molecule has 0 bridgehead atoms. The number of hydrogen-bond donors (Lipinski definition) is 2. The summed E-state index contributed by atoms with van der Waals surface area (Å²) >= 11 is 0. The number of benzene rings is 1. The van der Waals surface area contributed by atoms with E-state index < -0.39 is 12.0 Å². The van der Waals surface area contributed by atoms with Gasteiger partial charge < -0.3 is 19.9 Å². The predicted molar refractivity (Wildman–Crippen MR) is 88.8 cm³/mol. The Hall–Kier alpha value is -1.92. The van der Waals surface area contributed by atoms with Gasteiger partial charge in [0, 0.05) is 13.2 Å². The Bertz CT molecular complexity index is 581. The van der Waals surface area contributed by atoms with Crippen LogP contribution in [0, 0.1) is 13.8 Å². The van der Waals surface area contributed by atoms with Crippen LogP contribution in [-0.4, -0.2) is 42.9 Å². The highest BCUT2D eigenvalue weighted by Crippen LogP contribution is 2.18. The normalized spacial score (nSPS) is 16.6. The number of hydrogen-bond acceptors (Lipinski definition) is 4. The summed E-state index contributed by atoms with van der Waals surface area (Å²) in [6, 6.07) is 4.35. The van der Waals surface area contributed by atoms with Gasteiger partial charge in [-0.3, -0.25) is 4.79 Å². The van der Waals surface area contributed by atoms with Gasteiger partial charge in [0.05, 0.1) is 19.1 Å². The van der Waals surface area contributed by atoms with Crippen molar-refractivity contribution in [1.29, 1.82) is 0 Å². The minimum absolute atomic E-state index is 0.126. The monoisotopic (exact) mass is 335 g/mol. The van der Waals surface area contributed by atoms with Gasteiger partial charge in [-0.15, -0.1) is 0 Å². The molecule has 6 nitrogen and oxygen atoms in total. The number of rotatable bonds is 7. The lowest BCUT2D eigenvalue weighted by Crippen LogP contribution is -2.34. The first kappa shape index (κ1) is 18.4. The van der Waals surface area contributed by atoms with Crippen molar-refractivity contribution in [2.24, 2.45) is 0 Å². The molecule has 1 atom stereocenters. The molecule has 1 aliphatic heterocycles. The summed E-state index contributed by atoms with van der Waals surface area (Å²) in [7, 11) is 0. The van der Waals surface area contributed by atoms with E-state index in [9.17, 15) is 14.7 Å². The Morgan fingerprint density at radius 2 is 2.00 bits per heavy atom. The van der Waals surface area contributed by atoms with Crippen LogP contribution in [0.25, 0.3) is 0 Å². The zero-order valence-corrected chi connectivity index (χ0v) is 14.2. The average Bonchev–Trinajstić information content (AvgIpc) is 2.56. The van der Waals surface area contributed by atoms with Gasteiger partial charge in [-0.25, -0.2) is 4.79 Å². The molecule has 1 aromatic carbocycles. The molecule has 1 fully saturated rings. The van der Waals surface area contributed by atoms with Crippen LogP contribution < -0.4 is 5.32 Å². The molecule has 2 N–H and O–H groups in total. The Balaban J connectivity index is 1.86. The summed E-state index contributed by atoms with van der Waals surface area (Å²) in [4.78, 5) is 23.5. The first-order valence-corrected chi connectivity index (χ1v) is 8.26. The van der Waals surface area contributed by atoms with E-state index in [1.165, 1.54) is 0 Å². The van der Waals surface area contributed by atoms with E-state index in [4.69, 9.17) is 9.47 Å². The summed E-state index contributed by atoms with van der Waals surface area (Å²) in [6.45, 7) is 5.54. The third kappa shape index (κ3) is 5.32. The fourth-order valence-corrected chi connectivity index (χ4v) is 2.63. The molecule has 0 aliphatic carbocycles. The van der Waals surface area contributed by atoms with Crippen molar-refractivity contribution in [2.75, 3.05) is 19.8 Å². The molecule has 1 aromatic rings. The highest BCUT2D eigenvalue weighted by molar-refractivity contribution is 5.84. The van der Waals surface area contributed by atoms with Crippen LogP contribution in [-0.2, 0) is 19.1 Å². The zero-order valence-electron chi connectivity index (χ0n) is 14.2. The summed E-state index contributed by atoms with van der Waals surface area (Å²) in [5, 5.41) is 12.0. The molecule has 0 spiro atoms. The topological polar surface area (TPSA) is 84.9 Å². The number of aliphatic carboxylic acids is 1. The van der Waals surface area contributed by atoms with Gasteiger partial charge in [0.15, 0.2) is 6.04 Å². The Kier molecular flexibility index (Phi) is 6.75. The SMILES string of the molecule is Cc1ccc(C(NC(=O)CCOC2CCOCC2)C(=O)O)cc1C. The number of aryl methyl sites for hydroxylation is 2. The molecule has 1 amide bonds. The van der Waals surface area contributed by atoms with Crippen molar-refractivity contribution >= 4 is 11.9 Å². The lowest BCUT2D eigenvalue weighted by atomic mass is 10.0. The Morgan fingerprint density at radius 3 is 2.62 bits per heavy atom. The quantitative estimate of drug-likeness (QED) is 0.797. The molecular formula is C18H25NO5. The zero-order chi connectivity index (χ0) is 17.5. The standard InChI is InChI=1S/C18H25NO5/c1-12-3-4-14(11-13(12)2)17(18(21)22)19-16(20)7-10-24-15-5-8-23-9-6-15/h3-4,11,15,17H,5-10H2,1-2H3,(H,19,20)(H,21,22). The maximum atomic E-state index is 12.0. The van der Waals surface area contributed by atoms with Crippen LogP contribution in [0.5, 0.6) is 0 Å². The molecule has 24 heavy (non-hydrogen) atoms. The number of nitrogens with one attached hydrogen (secondary N) is 1. The van der Waals surface area contributed by atoms with E-state index in [1.54, 1.807) is 12.1 Å². The maximum absolute atomic E-state index is 12.0. The van der Waals surface area contributed by atoms with E-state index in [0.29, 0.717) is 18.8 Å². The molecule has 2 rings (SSSR count). The molecular weight excluding hydrogens is 310 g/mol. The second-order valence-corrected chi connectivity index (χ2v) is 6.11. The van der Waals surface area contributed by atoms with Crippen LogP contribution in [0.3, 0.4) is 0 Å². The van der Waals surface area contributed by atoms with Crippen LogP contribution in [0.1, 0.15) is 42.0 Å². The maximum Gasteiger partial charge on any atom is 0.330 e. The third-order valence-corrected chi connectivity index (χ3v) is 4.27. The number of amides is 1. The van der Waals surface area contributed by atoms with Crippen LogP contribution in [0.2, 0.25) is 0 Å². The molecule has 0 saturated carbocycles. The molecule has 1 saturated heterocycles. The third-order valence-electron chi connectivity index (χ3n) is 4.27. The Labute approximate surface area is 142 Å². The van der Waals surface area contributed by atoms with Gasteiger partial charge >= 0.3 is 5.97 Å². The van der Waals surface area contributed by atoms with Crippen LogP contribution in [0.4, 0.5) is 0 Å². The van der Waals surface area contributed by atoms with Gasteiger partial charge in [0.2, 0.25) is 5.91 Å². The van der Waals surface area contributed by atoms with Gasteiger partial charge in [-0.1, -0.05) is 18.2 Å². The second-order valence-electron chi connectivity index (χ2n) is 6.11. The largest absolute Gasteiger partial charge is 0.479 e. The number of ether oxygens (including phenoxy) is 2. The van der Waals surface area contributed by atoms with Gasteiger partial charge in [-0.05, 0) is 43.4 Å². The molecule has 6 heteroatoms. The number of carbonyl (C=O) groups excluding carboxylic acids is 1. The van der Waals surface area contributed by atoms with Crippen molar-refractivity contribution in [3.05, 3.63) is 34.9 Å². The Morgan fingerprint density at radius 1 is 1.29 bits per heavy atom. The second kappa shape index (κ2) is 8.80. The number of carbonyl (C=O) groups is 2. The highest BCUT2D eigenvalue weighted by Gasteiger charge is 2.22. The van der Waals surface area contributed by atoms with Crippen molar-refractivity contribution in [3.63, 3.8) is 0 Å². The fourth-order valence-electron chi connectivity index (χ4n) is 2.63. The molecule has 1 unspecified atom stereocenters. The molecule has 0 radical (unpaired) electrons. The van der Waals surface area contributed by atoms with Crippen LogP contribution in [0.15, 0.2) is 18.2 Å². The first-order valence-electron chi connectivity index (χ1n) is 8.26. The lowest BCUT2D eigenvalue weighted by Gasteiger charge is -2.22. The molecule has 1 aliphatic rings. The summed E-state index contributed by atoms with van der Waals surface area (Å²) in [5.41, 5.74) is 2.65. The average molecular weight is 335 g/mol. The van der Waals surface area contributed by atoms with E-state index in [0.717, 1.165) is 24.0 Å². The van der Waals surface area contributed by atoms with Gasteiger partial charge in [-0.2, -0.15) is 0 Å². The van der Waals surface area contributed by atoms with Crippen molar-refractivity contribution in [3.8, 4) is 0 Å². The predicted octanol–water partition coefficient (Wildman–Crippen LogP) is 2.13. The molecule has 1 heterocycles. The first-order chi connectivity index (χ1) is 11.5. The summed E-state index contributed by atoms with van der Waals surface area (Å²) < 4.78 is 10.9. The van der Waals surface area contributed by atoms with Crippen molar-refractivity contribution in [1.82, 2.24) is 5.32 Å². The van der Waals surface area contributed by atoms with Crippen molar-refractivity contribution in [2.45, 2.75) is 45.3 Å². The van der Waals surface area contributed by atoms with Gasteiger partial charge in [0.25, 0.3) is 0 Å². The fraction of sp³-hybridized carbons (Fsp3) is 0.556.